The molecule has 27 heavy (non-hydrogen) atoms. The van der Waals surface area contributed by atoms with Crippen LogP contribution < -0.4 is 4.74 Å². The van der Waals surface area contributed by atoms with Gasteiger partial charge in [0.15, 0.2) is 0 Å². The van der Waals surface area contributed by atoms with E-state index < -0.39 is 0 Å². The summed E-state index contributed by atoms with van der Waals surface area (Å²) < 4.78 is 11.8. The molecule has 1 atom stereocenters. The van der Waals surface area contributed by atoms with Gasteiger partial charge in [-0.25, -0.2) is 9.97 Å². The van der Waals surface area contributed by atoms with Crippen LogP contribution in [-0.4, -0.2) is 48.2 Å². The van der Waals surface area contributed by atoms with Crippen LogP contribution in [0.4, 0.5) is 0 Å². The maximum atomic E-state index is 6.34. The molecule has 2 aromatic rings. The summed E-state index contributed by atoms with van der Waals surface area (Å²) in [5.74, 6) is 1.73. The topological polar surface area (TPSA) is 47.5 Å². The number of aryl methyl sites for hydroxylation is 1. The number of fused-ring (bicyclic) bond motifs is 2. The Labute approximate surface area is 161 Å². The minimum Gasteiger partial charge on any atom is -0.496 e. The summed E-state index contributed by atoms with van der Waals surface area (Å²) in [6, 6.07) is 8.09. The predicted octanol–water partition coefficient (Wildman–Crippen LogP) is 3.37. The molecular weight excluding hydrogens is 338 g/mol. The van der Waals surface area contributed by atoms with Gasteiger partial charge in [-0.1, -0.05) is 30.4 Å². The van der Waals surface area contributed by atoms with Gasteiger partial charge in [0.25, 0.3) is 0 Å². The van der Waals surface area contributed by atoms with Crippen molar-refractivity contribution in [3.8, 4) is 5.75 Å². The monoisotopic (exact) mass is 365 g/mol. The van der Waals surface area contributed by atoms with Crippen molar-refractivity contribution in [3.63, 3.8) is 0 Å². The summed E-state index contributed by atoms with van der Waals surface area (Å²) >= 11 is 0. The van der Waals surface area contributed by atoms with E-state index in [1.807, 2.05) is 31.3 Å². The number of benzene rings is 1. The van der Waals surface area contributed by atoms with Crippen molar-refractivity contribution in [1.29, 1.82) is 0 Å². The molecule has 0 bridgehead atoms. The van der Waals surface area contributed by atoms with E-state index in [4.69, 9.17) is 14.5 Å². The molecule has 3 heterocycles. The Morgan fingerprint density at radius 3 is 3.11 bits per heavy atom. The third-order valence-electron chi connectivity index (χ3n) is 5.50. The number of ether oxygens (including phenoxy) is 2. The highest BCUT2D eigenvalue weighted by molar-refractivity contribution is 5.57. The maximum absolute atomic E-state index is 6.34. The summed E-state index contributed by atoms with van der Waals surface area (Å²) in [7, 11) is 1.71. The van der Waals surface area contributed by atoms with Gasteiger partial charge in [-0.15, -0.1) is 0 Å². The van der Waals surface area contributed by atoms with Gasteiger partial charge in [0.1, 0.15) is 17.2 Å². The van der Waals surface area contributed by atoms with E-state index in [-0.39, 0.29) is 5.60 Å². The number of para-hydroxylation sites is 1. The summed E-state index contributed by atoms with van der Waals surface area (Å²) in [6.07, 6.45) is 9.40. The summed E-state index contributed by atoms with van der Waals surface area (Å²) in [6.45, 7) is 5.57. The average molecular weight is 365 g/mol. The second-order valence-electron chi connectivity index (χ2n) is 7.37. The number of aromatic nitrogens is 2. The molecule has 0 aliphatic carbocycles. The minimum absolute atomic E-state index is 0.280. The van der Waals surface area contributed by atoms with Crippen molar-refractivity contribution in [2.24, 2.45) is 0 Å². The van der Waals surface area contributed by atoms with Gasteiger partial charge in [-0.05, 0) is 44.4 Å². The fourth-order valence-corrected chi connectivity index (χ4v) is 4.20. The van der Waals surface area contributed by atoms with Crippen LogP contribution in [0.2, 0.25) is 0 Å². The number of nitrogens with zero attached hydrogens (tertiary/aromatic N) is 3. The van der Waals surface area contributed by atoms with E-state index in [1.165, 1.54) is 5.56 Å². The number of piperidine rings is 1. The summed E-state index contributed by atoms with van der Waals surface area (Å²) in [4.78, 5) is 11.6. The van der Waals surface area contributed by atoms with Gasteiger partial charge in [-0.2, -0.15) is 0 Å². The van der Waals surface area contributed by atoms with Gasteiger partial charge < -0.3 is 9.47 Å². The molecule has 2 aliphatic rings. The second-order valence-corrected chi connectivity index (χ2v) is 7.37. The van der Waals surface area contributed by atoms with Crippen molar-refractivity contribution >= 4 is 6.08 Å². The molecule has 5 nitrogen and oxygen atoms in total. The fourth-order valence-electron chi connectivity index (χ4n) is 4.20. The normalized spacial score (nSPS) is 22.9. The number of methoxy groups -OCH3 is 1. The standard InChI is InChI=1S/C22H27N3O2/c1-17-23-15-19-10-14-27-22(21(19)24-17)11-6-13-25(16-22)12-5-8-18-7-3-4-9-20(18)26-2/h3-5,7-9,15H,6,10-14,16H2,1-2H3/b8-5+/t22-/m0/s1. The van der Waals surface area contributed by atoms with E-state index in [0.717, 1.165) is 68.3 Å². The smallest absolute Gasteiger partial charge is 0.126 e. The first-order chi connectivity index (χ1) is 13.2. The quantitative estimate of drug-likeness (QED) is 0.831. The molecule has 142 valence electrons. The fraction of sp³-hybridized carbons (Fsp3) is 0.455. The first-order valence-electron chi connectivity index (χ1n) is 9.69. The number of likely N-dealkylation sites (tertiary alicyclic amines) is 1. The Morgan fingerprint density at radius 1 is 1.33 bits per heavy atom. The molecule has 0 radical (unpaired) electrons. The average Bonchev–Trinajstić information content (AvgIpc) is 2.69. The number of hydrogen-bond acceptors (Lipinski definition) is 5. The van der Waals surface area contributed by atoms with Gasteiger partial charge in [-0.3, -0.25) is 4.90 Å². The van der Waals surface area contributed by atoms with E-state index in [2.05, 4.69) is 28.1 Å². The second kappa shape index (κ2) is 7.79. The van der Waals surface area contributed by atoms with Crippen LogP contribution in [-0.2, 0) is 16.8 Å². The van der Waals surface area contributed by atoms with Crippen LogP contribution >= 0.6 is 0 Å². The summed E-state index contributed by atoms with van der Waals surface area (Å²) in [5, 5.41) is 0. The van der Waals surface area contributed by atoms with Crippen molar-refractivity contribution in [2.45, 2.75) is 31.8 Å². The Hall–Kier alpha value is -2.24. The lowest BCUT2D eigenvalue weighted by molar-refractivity contribution is -0.105. The van der Waals surface area contributed by atoms with Crippen LogP contribution in [0.25, 0.3) is 6.08 Å². The lowest BCUT2D eigenvalue weighted by atomic mass is 9.84. The van der Waals surface area contributed by atoms with Crippen LogP contribution in [0.3, 0.4) is 0 Å². The molecule has 2 aliphatic heterocycles. The van der Waals surface area contributed by atoms with E-state index in [0.29, 0.717) is 0 Å². The van der Waals surface area contributed by atoms with Crippen LogP contribution in [0.5, 0.6) is 5.75 Å². The molecule has 1 fully saturated rings. The molecule has 0 saturated carbocycles. The van der Waals surface area contributed by atoms with Gasteiger partial charge in [0.2, 0.25) is 0 Å². The molecule has 0 unspecified atom stereocenters. The Balaban J connectivity index is 1.49. The number of hydrogen-bond donors (Lipinski definition) is 0. The van der Waals surface area contributed by atoms with Crippen LogP contribution in [0.1, 0.15) is 35.5 Å². The van der Waals surface area contributed by atoms with Gasteiger partial charge >= 0.3 is 0 Å². The van der Waals surface area contributed by atoms with Crippen LogP contribution in [0.15, 0.2) is 36.5 Å². The molecular formula is C22H27N3O2. The Morgan fingerprint density at radius 2 is 2.22 bits per heavy atom. The molecule has 4 rings (SSSR count). The highest BCUT2D eigenvalue weighted by Gasteiger charge is 2.42. The Bertz CT molecular complexity index is 836. The third-order valence-corrected chi connectivity index (χ3v) is 5.50. The van der Waals surface area contributed by atoms with E-state index in [1.54, 1.807) is 7.11 Å². The minimum atomic E-state index is -0.280. The lowest BCUT2D eigenvalue weighted by Crippen LogP contribution is -2.50. The third kappa shape index (κ3) is 3.75. The van der Waals surface area contributed by atoms with Crippen molar-refractivity contribution < 1.29 is 9.47 Å². The summed E-state index contributed by atoms with van der Waals surface area (Å²) in [5.41, 5.74) is 3.19. The van der Waals surface area contributed by atoms with E-state index >= 15 is 0 Å². The Kier molecular flexibility index (Phi) is 5.23. The SMILES string of the molecule is COc1ccccc1/C=C/CN1CCC[C@@]2(C1)OCCc1cnc(C)nc12. The van der Waals surface area contributed by atoms with Gasteiger partial charge in [0.05, 0.1) is 19.4 Å². The molecule has 1 aromatic heterocycles. The molecule has 0 amide bonds. The largest absolute Gasteiger partial charge is 0.496 e. The first-order valence-corrected chi connectivity index (χ1v) is 9.69. The van der Waals surface area contributed by atoms with Crippen molar-refractivity contribution in [2.75, 3.05) is 33.4 Å². The highest BCUT2D eigenvalue weighted by Crippen LogP contribution is 2.39. The zero-order chi connectivity index (χ0) is 18.7. The van der Waals surface area contributed by atoms with Crippen LogP contribution in [0, 0.1) is 6.92 Å². The molecule has 0 N–H and O–H groups in total. The predicted molar refractivity (Wildman–Crippen MR) is 106 cm³/mol. The van der Waals surface area contributed by atoms with Gasteiger partial charge in [0, 0.05) is 24.8 Å². The molecule has 1 aromatic carbocycles. The van der Waals surface area contributed by atoms with E-state index in [9.17, 15) is 0 Å². The van der Waals surface area contributed by atoms with Crippen molar-refractivity contribution in [1.82, 2.24) is 14.9 Å². The number of rotatable bonds is 4. The lowest BCUT2D eigenvalue weighted by Gasteiger charge is -2.44. The highest BCUT2D eigenvalue weighted by atomic mass is 16.5. The first kappa shape index (κ1) is 18.1. The molecule has 1 saturated heterocycles. The zero-order valence-electron chi connectivity index (χ0n) is 16.1. The molecule has 5 heteroatoms. The maximum Gasteiger partial charge on any atom is 0.126 e. The zero-order valence-corrected chi connectivity index (χ0v) is 16.1. The molecule has 1 spiro atoms. The van der Waals surface area contributed by atoms with Crippen molar-refractivity contribution in [3.05, 3.63) is 59.2 Å².